The summed E-state index contributed by atoms with van der Waals surface area (Å²) in [5, 5.41) is 19.7. The first kappa shape index (κ1) is 20.3. The van der Waals surface area contributed by atoms with Crippen molar-refractivity contribution in [3.63, 3.8) is 0 Å². The highest BCUT2D eigenvalue weighted by atomic mass is 32.2. The molecule has 3 aromatic rings. The molecule has 8 heteroatoms. The van der Waals surface area contributed by atoms with Gasteiger partial charge in [0.1, 0.15) is 35.2 Å². The van der Waals surface area contributed by atoms with E-state index in [0.717, 1.165) is 11.8 Å². The lowest BCUT2D eigenvalue weighted by atomic mass is 9.97. The normalized spacial score (nSPS) is 14.3. The molecule has 4 rings (SSSR count). The molecule has 0 radical (unpaired) electrons. The first-order chi connectivity index (χ1) is 15.1. The summed E-state index contributed by atoms with van der Waals surface area (Å²) in [5.41, 5.74) is 7.45. The maximum absolute atomic E-state index is 12.7. The summed E-state index contributed by atoms with van der Waals surface area (Å²) in [6.07, 6.45) is -0.753. The van der Waals surface area contributed by atoms with E-state index in [1.807, 2.05) is 30.3 Å². The smallest absolute Gasteiger partial charge is 0.191 e. The van der Waals surface area contributed by atoms with E-state index >= 15 is 0 Å². The van der Waals surface area contributed by atoms with Crippen LogP contribution >= 0.6 is 11.8 Å². The molecule has 1 atom stereocenters. The van der Waals surface area contributed by atoms with Crippen LogP contribution in [0.1, 0.15) is 11.1 Å². The number of nitriles is 2. The number of aromatic nitrogens is 1. The number of pyridine rings is 1. The molecule has 0 fully saturated rings. The number of anilines is 1. The average Bonchev–Trinajstić information content (AvgIpc) is 2.82. The van der Waals surface area contributed by atoms with E-state index in [2.05, 4.69) is 11.1 Å². The van der Waals surface area contributed by atoms with Crippen LogP contribution in [0.5, 0.6) is 11.5 Å². The molecule has 1 unspecified atom stereocenters. The van der Waals surface area contributed by atoms with E-state index in [0.29, 0.717) is 27.7 Å². The van der Waals surface area contributed by atoms with Crippen LogP contribution in [0.2, 0.25) is 0 Å². The lowest BCUT2D eigenvalue weighted by Crippen LogP contribution is -2.37. The number of nitrogens with zero attached hydrogens (tertiary/aromatic N) is 3. The lowest BCUT2D eigenvalue weighted by molar-refractivity contribution is -0.125. The molecule has 0 spiro atoms. The second-order valence-corrected chi connectivity index (χ2v) is 7.60. The number of rotatable bonds is 5. The Hall–Kier alpha value is -4.01. The van der Waals surface area contributed by atoms with Gasteiger partial charge in [-0.15, -0.1) is 0 Å². The van der Waals surface area contributed by atoms with Crippen molar-refractivity contribution in [2.24, 2.45) is 0 Å². The van der Waals surface area contributed by atoms with Crippen molar-refractivity contribution in [3.05, 3.63) is 65.7 Å². The van der Waals surface area contributed by atoms with Crippen LogP contribution < -0.4 is 15.2 Å². The van der Waals surface area contributed by atoms with E-state index in [-0.39, 0.29) is 35.1 Å². The van der Waals surface area contributed by atoms with Crippen molar-refractivity contribution in [2.45, 2.75) is 11.1 Å². The number of ketones is 1. The third-order valence-electron chi connectivity index (χ3n) is 4.70. The summed E-state index contributed by atoms with van der Waals surface area (Å²) in [7, 11) is 0. The number of benzene rings is 2. The van der Waals surface area contributed by atoms with Crippen LogP contribution in [-0.2, 0) is 4.79 Å². The monoisotopic (exact) mass is 428 g/mol. The number of para-hydroxylation sites is 2. The van der Waals surface area contributed by atoms with Gasteiger partial charge >= 0.3 is 0 Å². The second kappa shape index (κ2) is 8.78. The van der Waals surface area contributed by atoms with Gasteiger partial charge in [-0.3, -0.25) is 4.79 Å². The molecule has 7 nitrogen and oxygen atoms in total. The molecule has 0 saturated heterocycles. The van der Waals surface area contributed by atoms with E-state index in [1.54, 1.807) is 30.3 Å². The quantitative estimate of drug-likeness (QED) is 0.612. The molecule has 152 valence electrons. The number of hydrogen-bond acceptors (Lipinski definition) is 8. The van der Waals surface area contributed by atoms with Crippen molar-refractivity contribution in [1.29, 1.82) is 10.5 Å². The zero-order valence-electron chi connectivity index (χ0n) is 16.2. The van der Waals surface area contributed by atoms with E-state index in [4.69, 9.17) is 15.2 Å². The SMILES string of the molecule is N#Cc1c(N)nc(SCC(=O)C2COc3ccccc3O2)c(C#N)c1-c1ccccc1. The molecule has 0 bridgehead atoms. The number of thioether (sulfide) groups is 1. The zero-order valence-corrected chi connectivity index (χ0v) is 17.1. The molecule has 2 aromatic carbocycles. The Morgan fingerprint density at radius 3 is 2.45 bits per heavy atom. The topological polar surface area (TPSA) is 122 Å². The highest BCUT2D eigenvalue weighted by molar-refractivity contribution is 8.00. The minimum atomic E-state index is -0.753. The highest BCUT2D eigenvalue weighted by Crippen LogP contribution is 2.36. The fourth-order valence-corrected chi connectivity index (χ4v) is 4.13. The van der Waals surface area contributed by atoms with Gasteiger partial charge in [-0.2, -0.15) is 10.5 Å². The van der Waals surface area contributed by atoms with E-state index in [1.165, 1.54) is 0 Å². The van der Waals surface area contributed by atoms with Gasteiger partial charge in [0.25, 0.3) is 0 Å². The molecule has 1 aliphatic heterocycles. The Bertz CT molecular complexity index is 1230. The third kappa shape index (κ3) is 4.02. The van der Waals surface area contributed by atoms with Crippen LogP contribution in [0.25, 0.3) is 11.1 Å². The largest absolute Gasteiger partial charge is 0.485 e. The van der Waals surface area contributed by atoms with Crippen molar-refractivity contribution >= 4 is 23.4 Å². The van der Waals surface area contributed by atoms with Gasteiger partial charge in [-0.25, -0.2) is 4.98 Å². The molecule has 2 N–H and O–H groups in total. The van der Waals surface area contributed by atoms with Crippen molar-refractivity contribution in [2.75, 3.05) is 18.1 Å². The number of fused-ring (bicyclic) bond motifs is 1. The molecule has 2 heterocycles. The Morgan fingerprint density at radius 2 is 1.74 bits per heavy atom. The molecule has 0 saturated carbocycles. The maximum atomic E-state index is 12.7. The van der Waals surface area contributed by atoms with Gasteiger partial charge in [0.2, 0.25) is 0 Å². The number of carbonyl (C=O) groups excluding carboxylic acids is 1. The summed E-state index contributed by atoms with van der Waals surface area (Å²) >= 11 is 1.09. The molecular weight excluding hydrogens is 412 g/mol. The standard InChI is InChI=1S/C23H16N4O3S/c24-10-15-21(14-6-2-1-3-7-14)16(11-25)23(27-22(15)26)31-13-17(28)20-12-29-18-8-4-5-9-19(18)30-20/h1-9,20H,12-13H2,(H2,26,27). The van der Waals surface area contributed by atoms with Gasteiger partial charge in [0.05, 0.1) is 11.3 Å². The van der Waals surface area contributed by atoms with E-state index in [9.17, 15) is 15.3 Å². The number of nitrogen functional groups attached to an aromatic ring is 1. The minimum absolute atomic E-state index is 0.0114. The molecular formula is C23H16N4O3S. The molecule has 1 aromatic heterocycles. The number of ether oxygens (including phenoxy) is 2. The van der Waals surface area contributed by atoms with Crippen molar-refractivity contribution < 1.29 is 14.3 Å². The van der Waals surface area contributed by atoms with Crippen molar-refractivity contribution in [3.8, 4) is 34.8 Å². The summed E-state index contributed by atoms with van der Waals surface area (Å²) in [5.74, 6) is 0.940. The van der Waals surface area contributed by atoms with Crippen LogP contribution in [0.15, 0.2) is 59.6 Å². The maximum Gasteiger partial charge on any atom is 0.191 e. The van der Waals surface area contributed by atoms with E-state index < -0.39 is 6.10 Å². The van der Waals surface area contributed by atoms with Gasteiger partial charge in [0.15, 0.2) is 23.4 Å². The molecule has 0 amide bonds. The fourth-order valence-electron chi connectivity index (χ4n) is 3.21. The van der Waals surface area contributed by atoms with Crippen LogP contribution in [0, 0.1) is 22.7 Å². The summed E-state index contributed by atoms with van der Waals surface area (Å²) < 4.78 is 11.4. The zero-order chi connectivity index (χ0) is 21.8. The summed E-state index contributed by atoms with van der Waals surface area (Å²) in [4.78, 5) is 16.9. The Kier molecular flexibility index (Phi) is 5.74. The van der Waals surface area contributed by atoms with Crippen LogP contribution in [0.3, 0.4) is 0 Å². The molecule has 1 aliphatic rings. The summed E-state index contributed by atoms with van der Waals surface area (Å²) in [6, 6.07) is 20.4. The first-order valence-corrected chi connectivity index (χ1v) is 10.3. The molecule has 0 aliphatic carbocycles. The number of nitrogens with two attached hydrogens (primary N) is 1. The number of Topliss-reactive ketones (excluding diaryl/α,β-unsaturated/α-hetero) is 1. The Balaban J connectivity index is 1.60. The van der Waals surface area contributed by atoms with Gasteiger partial charge < -0.3 is 15.2 Å². The fraction of sp³-hybridized carbons (Fsp3) is 0.130. The minimum Gasteiger partial charge on any atom is -0.485 e. The van der Waals surface area contributed by atoms with Gasteiger partial charge in [-0.1, -0.05) is 54.2 Å². The summed E-state index contributed by atoms with van der Waals surface area (Å²) in [6.45, 7) is 0.111. The molecule has 31 heavy (non-hydrogen) atoms. The Morgan fingerprint density at radius 1 is 1.06 bits per heavy atom. The third-order valence-corrected chi connectivity index (χ3v) is 5.69. The highest BCUT2D eigenvalue weighted by Gasteiger charge is 2.28. The lowest BCUT2D eigenvalue weighted by Gasteiger charge is -2.25. The predicted octanol–water partition coefficient (Wildman–Crippen LogP) is 3.58. The number of carbonyl (C=O) groups is 1. The van der Waals surface area contributed by atoms with Crippen LogP contribution in [-0.4, -0.2) is 29.2 Å². The number of hydrogen-bond donors (Lipinski definition) is 1. The average molecular weight is 428 g/mol. The Labute approximate surface area is 183 Å². The van der Waals surface area contributed by atoms with Crippen LogP contribution in [0.4, 0.5) is 5.82 Å². The van der Waals surface area contributed by atoms with Gasteiger partial charge in [-0.05, 0) is 17.7 Å². The first-order valence-electron chi connectivity index (χ1n) is 9.35. The second-order valence-electron chi connectivity index (χ2n) is 6.64. The predicted molar refractivity (Wildman–Crippen MR) is 116 cm³/mol. The van der Waals surface area contributed by atoms with Gasteiger partial charge in [0, 0.05) is 5.56 Å². The van der Waals surface area contributed by atoms with Crippen molar-refractivity contribution in [1.82, 2.24) is 4.98 Å².